The fraction of sp³-hybridized carbons (Fsp3) is 0.652. The molecule has 1 N–H and O–H groups in total. The molecule has 0 fully saturated rings. The Morgan fingerprint density at radius 3 is 2.57 bits per heavy atom. The van der Waals surface area contributed by atoms with Crippen molar-refractivity contribution in [3.63, 3.8) is 0 Å². The second kappa shape index (κ2) is 10.4. The summed E-state index contributed by atoms with van der Waals surface area (Å²) in [7, 11) is 0. The van der Waals surface area contributed by atoms with Crippen LogP contribution in [0.25, 0.3) is 16.7 Å². The number of hydrogen-bond donors (Lipinski definition) is 1. The maximum absolute atomic E-state index is 10.9. The van der Waals surface area contributed by atoms with Crippen LogP contribution in [0.4, 0.5) is 0 Å². The summed E-state index contributed by atoms with van der Waals surface area (Å²) in [4.78, 5) is 4.79. The van der Waals surface area contributed by atoms with Crippen molar-refractivity contribution in [2.75, 3.05) is 5.88 Å². The molecule has 156 valence electrons. The van der Waals surface area contributed by atoms with E-state index in [0.29, 0.717) is 5.88 Å². The average Bonchev–Trinajstić information content (AvgIpc) is 3.07. The molecule has 0 aliphatic carbocycles. The minimum Gasteiger partial charge on any atom is -0.390 e. The zero-order valence-electron chi connectivity index (χ0n) is 18.1. The van der Waals surface area contributed by atoms with Gasteiger partial charge in [0.25, 0.3) is 0 Å². The molecule has 0 aliphatic heterocycles. The highest BCUT2D eigenvalue weighted by Crippen LogP contribution is 2.39. The fourth-order valence-electron chi connectivity index (χ4n) is 4.23. The quantitative estimate of drug-likeness (QED) is 0.441. The van der Waals surface area contributed by atoms with Gasteiger partial charge in [0.2, 0.25) is 0 Å². The molecule has 0 spiro atoms. The largest absolute Gasteiger partial charge is 0.390 e. The number of rotatable bonds is 11. The molecule has 0 saturated carbocycles. The van der Waals surface area contributed by atoms with Gasteiger partial charge in [-0.2, -0.15) is 5.10 Å². The maximum atomic E-state index is 10.9. The van der Waals surface area contributed by atoms with E-state index in [1.54, 1.807) is 0 Å². The molecule has 0 amide bonds. The molecule has 2 aromatic rings. The standard InChI is InChI=1S/C23H36ClN3O/c1-6-10-19(8-3)27-22-18(16-26-27)14-17(15-25-22)20(11-7-2)21(12-9-13-24)23(4,5)28/h8,14-16,20-21,28H,6-7,9-13H2,1-5H3/b19-8+. The molecule has 5 heteroatoms. The first-order valence-corrected chi connectivity index (χ1v) is 11.2. The Hall–Kier alpha value is -1.39. The molecule has 0 aliphatic rings. The fourth-order valence-corrected chi connectivity index (χ4v) is 4.39. The summed E-state index contributed by atoms with van der Waals surface area (Å²) in [6, 6.07) is 2.21. The Kier molecular flexibility index (Phi) is 8.51. The number of hydrogen-bond acceptors (Lipinski definition) is 3. The Balaban J connectivity index is 2.44. The second-order valence-electron chi connectivity index (χ2n) is 8.25. The lowest BCUT2D eigenvalue weighted by Crippen LogP contribution is -2.35. The Labute approximate surface area is 175 Å². The van der Waals surface area contributed by atoms with Gasteiger partial charge >= 0.3 is 0 Å². The lowest BCUT2D eigenvalue weighted by Gasteiger charge is -2.36. The molecular formula is C23H36ClN3O. The van der Waals surface area contributed by atoms with Crippen LogP contribution in [-0.2, 0) is 0 Å². The molecule has 2 unspecified atom stereocenters. The third-order valence-corrected chi connectivity index (χ3v) is 5.88. The van der Waals surface area contributed by atoms with Crippen LogP contribution < -0.4 is 0 Å². The maximum Gasteiger partial charge on any atom is 0.162 e. The van der Waals surface area contributed by atoms with Gasteiger partial charge in [-0.1, -0.05) is 32.8 Å². The number of nitrogens with zero attached hydrogens (tertiary/aromatic N) is 3. The number of aliphatic hydroxyl groups is 1. The average molecular weight is 406 g/mol. The molecule has 0 saturated heterocycles. The van der Waals surface area contributed by atoms with Gasteiger partial charge in [0, 0.05) is 23.2 Å². The summed E-state index contributed by atoms with van der Waals surface area (Å²) in [5.74, 6) is 1.02. The number of halogens is 1. The van der Waals surface area contributed by atoms with Crippen LogP contribution in [-0.4, -0.2) is 31.4 Å². The van der Waals surface area contributed by atoms with E-state index in [9.17, 15) is 5.11 Å². The molecule has 2 heterocycles. The van der Waals surface area contributed by atoms with Crippen molar-refractivity contribution in [2.45, 2.75) is 84.7 Å². The minimum atomic E-state index is -0.760. The minimum absolute atomic E-state index is 0.145. The first-order chi connectivity index (χ1) is 13.4. The zero-order chi connectivity index (χ0) is 20.7. The van der Waals surface area contributed by atoms with Gasteiger partial charge in [0.1, 0.15) is 0 Å². The van der Waals surface area contributed by atoms with Gasteiger partial charge in [0.05, 0.1) is 11.8 Å². The zero-order valence-corrected chi connectivity index (χ0v) is 18.8. The summed E-state index contributed by atoms with van der Waals surface area (Å²) in [5, 5.41) is 16.5. The van der Waals surface area contributed by atoms with Crippen LogP contribution in [0.1, 0.15) is 84.6 Å². The van der Waals surface area contributed by atoms with E-state index >= 15 is 0 Å². The highest BCUT2D eigenvalue weighted by atomic mass is 35.5. The molecule has 4 nitrogen and oxygen atoms in total. The van der Waals surface area contributed by atoms with Gasteiger partial charge in [-0.25, -0.2) is 9.67 Å². The monoisotopic (exact) mass is 405 g/mol. The van der Waals surface area contributed by atoms with Gasteiger partial charge in [0.15, 0.2) is 5.65 Å². The van der Waals surface area contributed by atoms with Crippen LogP contribution in [0.5, 0.6) is 0 Å². The van der Waals surface area contributed by atoms with Crippen LogP contribution in [0, 0.1) is 5.92 Å². The van der Waals surface area contributed by atoms with Crippen LogP contribution in [0.15, 0.2) is 24.5 Å². The van der Waals surface area contributed by atoms with Crippen LogP contribution >= 0.6 is 11.6 Å². The molecule has 2 rings (SSSR count). The van der Waals surface area contributed by atoms with Gasteiger partial charge in [-0.15, -0.1) is 11.6 Å². The third-order valence-electron chi connectivity index (χ3n) is 5.61. The van der Waals surface area contributed by atoms with Crippen molar-refractivity contribution < 1.29 is 5.11 Å². The Morgan fingerprint density at radius 2 is 2.00 bits per heavy atom. The Bertz CT molecular complexity index is 776. The lowest BCUT2D eigenvalue weighted by molar-refractivity contribution is -0.00132. The van der Waals surface area contributed by atoms with E-state index in [0.717, 1.165) is 49.6 Å². The van der Waals surface area contributed by atoms with E-state index < -0.39 is 5.60 Å². The number of fused-ring (bicyclic) bond motifs is 1. The molecule has 2 atom stereocenters. The van der Waals surface area contributed by atoms with Crippen LogP contribution in [0.3, 0.4) is 0 Å². The third kappa shape index (κ3) is 5.36. The first kappa shape index (κ1) is 22.9. The molecular weight excluding hydrogens is 370 g/mol. The van der Waals surface area contributed by atoms with E-state index in [2.05, 4.69) is 38.0 Å². The molecule has 0 radical (unpaired) electrons. The van der Waals surface area contributed by atoms with Crippen LogP contribution in [0.2, 0.25) is 0 Å². The number of allylic oxidation sites excluding steroid dienone is 2. The number of pyridine rings is 1. The van der Waals surface area contributed by atoms with Gasteiger partial charge < -0.3 is 5.11 Å². The number of alkyl halides is 1. The molecule has 28 heavy (non-hydrogen) atoms. The van der Waals surface area contributed by atoms with E-state index in [1.165, 1.54) is 11.3 Å². The predicted octanol–water partition coefficient (Wildman–Crippen LogP) is 6.38. The highest BCUT2D eigenvalue weighted by molar-refractivity contribution is 6.17. The molecule has 2 aromatic heterocycles. The number of aromatic nitrogens is 3. The second-order valence-corrected chi connectivity index (χ2v) is 8.63. The normalized spacial score (nSPS) is 15.2. The van der Waals surface area contributed by atoms with Crippen molar-refractivity contribution in [1.29, 1.82) is 0 Å². The smallest absolute Gasteiger partial charge is 0.162 e. The Morgan fingerprint density at radius 1 is 1.25 bits per heavy atom. The van der Waals surface area contributed by atoms with Crippen molar-refractivity contribution >= 4 is 28.3 Å². The van der Waals surface area contributed by atoms with Gasteiger partial charge in [-0.05, 0) is 69.9 Å². The predicted molar refractivity (Wildman–Crippen MR) is 120 cm³/mol. The summed E-state index contributed by atoms with van der Waals surface area (Å²) in [6.45, 7) is 10.3. The summed E-state index contributed by atoms with van der Waals surface area (Å²) in [5.41, 5.74) is 2.51. The van der Waals surface area contributed by atoms with Crippen molar-refractivity contribution in [3.8, 4) is 0 Å². The van der Waals surface area contributed by atoms with Gasteiger partial charge in [-0.3, -0.25) is 0 Å². The molecule has 0 aromatic carbocycles. The highest BCUT2D eigenvalue weighted by Gasteiger charge is 2.34. The summed E-state index contributed by atoms with van der Waals surface area (Å²) < 4.78 is 1.96. The van der Waals surface area contributed by atoms with Crippen molar-refractivity contribution in [1.82, 2.24) is 14.8 Å². The van der Waals surface area contributed by atoms with E-state index in [4.69, 9.17) is 16.6 Å². The van der Waals surface area contributed by atoms with Crippen molar-refractivity contribution in [3.05, 3.63) is 30.1 Å². The SMILES string of the molecule is C/C=C(\CCC)n1ncc2cc(C(CCC)C(CCCCl)C(C)(C)O)cnc21. The lowest BCUT2D eigenvalue weighted by atomic mass is 9.73. The van der Waals surface area contributed by atoms with E-state index in [1.807, 2.05) is 30.9 Å². The summed E-state index contributed by atoms with van der Waals surface area (Å²) >= 11 is 5.96. The first-order valence-electron chi connectivity index (χ1n) is 10.6. The summed E-state index contributed by atoms with van der Waals surface area (Å²) in [6.07, 6.45) is 12.0. The van der Waals surface area contributed by atoms with Crippen molar-refractivity contribution in [2.24, 2.45) is 5.92 Å². The van der Waals surface area contributed by atoms with E-state index in [-0.39, 0.29) is 11.8 Å². The molecule has 0 bridgehead atoms. The topological polar surface area (TPSA) is 50.9 Å².